The minimum Gasteiger partial charge on any atom is -0.291 e. The quantitative estimate of drug-likeness (QED) is 0.600. The van der Waals surface area contributed by atoms with Crippen molar-refractivity contribution in [3.63, 3.8) is 0 Å². The number of halogens is 1. The van der Waals surface area contributed by atoms with E-state index in [4.69, 9.17) is 0 Å². The molecule has 1 aliphatic carbocycles. The Morgan fingerprint density at radius 2 is 2.31 bits per heavy atom. The largest absolute Gasteiger partial charge is 0.291 e. The average molecular weight is 240 g/mol. The normalized spacial score (nSPS) is 15.8. The highest BCUT2D eigenvalue weighted by molar-refractivity contribution is 9.09. The first kappa shape index (κ1) is 8.88. The van der Waals surface area contributed by atoms with Gasteiger partial charge in [0.15, 0.2) is 5.78 Å². The highest BCUT2D eigenvalue weighted by atomic mass is 79.9. The average Bonchev–Trinajstić information content (AvgIpc) is 3.00. The fourth-order valence-electron chi connectivity index (χ4n) is 1.30. The van der Waals surface area contributed by atoms with E-state index in [1.807, 2.05) is 18.3 Å². The van der Waals surface area contributed by atoms with Gasteiger partial charge in [-0.15, -0.1) is 0 Å². The van der Waals surface area contributed by atoms with Crippen LogP contribution in [0.1, 0.15) is 34.8 Å². The molecular weight excluding hydrogens is 230 g/mol. The number of aromatic nitrogens is 1. The predicted molar refractivity (Wildman–Crippen MR) is 54.3 cm³/mol. The van der Waals surface area contributed by atoms with Gasteiger partial charge in [0.25, 0.3) is 0 Å². The van der Waals surface area contributed by atoms with Crippen molar-refractivity contribution in [2.75, 3.05) is 5.33 Å². The van der Waals surface area contributed by atoms with Crippen molar-refractivity contribution in [3.05, 3.63) is 29.6 Å². The number of Topliss-reactive ketones (excluding diaryl/α,β-unsaturated/α-hetero) is 1. The zero-order valence-corrected chi connectivity index (χ0v) is 8.75. The molecule has 1 aliphatic rings. The van der Waals surface area contributed by atoms with E-state index in [9.17, 15) is 4.79 Å². The number of nitrogens with zero attached hydrogens (tertiary/aromatic N) is 1. The van der Waals surface area contributed by atoms with Gasteiger partial charge in [-0.25, -0.2) is 0 Å². The first-order valence-corrected chi connectivity index (χ1v) is 5.48. The van der Waals surface area contributed by atoms with Crippen LogP contribution in [0.4, 0.5) is 0 Å². The second kappa shape index (κ2) is 3.58. The molecule has 2 rings (SSSR count). The topological polar surface area (TPSA) is 30.0 Å². The Kier molecular flexibility index (Phi) is 2.44. The molecule has 1 aromatic heterocycles. The maximum atomic E-state index is 11.2. The number of pyridine rings is 1. The monoisotopic (exact) mass is 239 g/mol. The van der Waals surface area contributed by atoms with Crippen LogP contribution in [-0.4, -0.2) is 16.1 Å². The molecule has 0 radical (unpaired) electrons. The Labute approximate surface area is 85.5 Å². The van der Waals surface area contributed by atoms with Gasteiger partial charge in [0.05, 0.1) is 5.33 Å². The molecule has 68 valence electrons. The van der Waals surface area contributed by atoms with E-state index in [0.717, 1.165) is 0 Å². The molecule has 0 saturated heterocycles. The molecule has 1 saturated carbocycles. The van der Waals surface area contributed by atoms with Crippen LogP contribution >= 0.6 is 15.9 Å². The van der Waals surface area contributed by atoms with E-state index in [1.165, 1.54) is 18.4 Å². The van der Waals surface area contributed by atoms with Gasteiger partial charge in [-0.05, 0) is 30.4 Å². The maximum absolute atomic E-state index is 11.2. The van der Waals surface area contributed by atoms with Crippen LogP contribution in [0.15, 0.2) is 18.3 Å². The van der Waals surface area contributed by atoms with Gasteiger partial charge >= 0.3 is 0 Å². The molecule has 1 heterocycles. The smallest absolute Gasteiger partial charge is 0.191 e. The highest BCUT2D eigenvalue weighted by Gasteiger charge is 2.23. The third kappa shape index (κ3) is 1.97. The van der Waals surface area contributed by atoms with Gasteiger partial charge in [0.2, 0.25) is 0 Å². The van der Waals surface area contributed by atoms with Gasteiger partial charge in [0.1, 0.15) is 5.69 Å². The molecule has 0 N–H and O–H groups in total. The van der Waals surface area contributed by atoms with Gasteiger partial charge in [0, 0.05) is 6.20 Å². The number of rotatable bonds is 3. The Morgan fingerprint density at radius 3 is 2.77 bits per heavy atom. The number of alkyl halides is 1. The van der Waals surface area contributed by atoms with Crippen molar-refractivity contribution in [2.45, 2.75) is 18.8 Å². The first-order chi connectivity index (χ1) is 6.31. The number of hydrogen-bond acceptors (Lipinski definition) is 2. The van der Waals surface area contributed by atoms with Crippen molar-refractivity contribution in [1.82, 2.24) is 4.98 Å². The van der Waals surface area contributed by atoms with E-state index in [2.05, 4.69) is 20.9 Å². The van der Waals surface area contributed by atoms with E-state index >= 15 is 0 Å². The summed E-state index contributed by atoms with van der Waals surface area (Å²) in [5.41, 5.74) is 1.83. The molecule has 0 atom stereocenters. The lowest BCUT2D eigenvalue weighted by atomic mass is 10.1. The summed E-state index contributed by atoms with van der Waals surface area (Å²) in [5, 5.41) is 0.350. The van der Waals surface area contributed by atoms with Gasteiger partial charge in [-0.2, -0.15) is 0 Å². The highest BCUT2D eigenvalue weighted by Crippen LogP contribution is 2.39. The Hall–Kier alpha value is -0.700. The van der Waals surface area contributed by atoms with Crippen LogP contribution in [0.25, 0.3) is 0 Å². The molecule has 1 fully saturated rings. The van der Waals surface area contributed by atoms with Gasteiger partial charge < -0.3 is 0 Å². The fourth-order valence-corrected chi connectivity index (χ4v) is 1.58. The lowest BCUT2D eigenvalue weighted by molar-refractivity contribution is 0.101. The standard InChI is InChI=1S/C10H10BrNO/c11-5-10(13)9-4-3-8(6-12-9)7-1-2-7/h3-4,6-7H,1-2,5H2. The summed E-state index contributed by atoms with van der Waals surface area (Å²) in [6, 6.07) is 3.83. The van der Waals surface area contributed by atoms with Gasteiger partial charge in [-0.1, -0.05) is 22.0 Å². The molecule has 0 unspecified atom stereocenters. The summed E-state index contributed by atoms with van der Waals surface area (Å²) in [7, 11) is 0. The summed E-state index contributed by atoms with van der Waals surface area (Å²) in [4.78, 5) is 15.3. The van der Waals surface area contributed by atoms with Crippen molar-refractivity contribution in [3.8, 4) is 0 Å². The molecule has 3 heteroatoms. The lowest BCUT2D eigenvalue weighted by Crippen LogP contribution is -2.02. The Balaban J connectivity index is 2.17. The molecule has 0 bridgehead atoms. The maximum Gasteiger partial charge on any atom is 0.191 e. The van der Waals surface area contributed by atoms with Crippen LogP contribution in [0, 0.1) is 0 Å². The molecular formula is C10H10BrNO. The van der Waals surface area contributed by atoms with Crippen molar-refractivity contribution >= 4 is 21.7 Å². The Morgan fingerprint density at radius 1 is 1.54 bits per heavy atom. The van der Waals surface area contributed by atoms with Crippen molar-refractivity contribution < 1.29 is 4.79 Å². The number of carbonyl (C=O) groups excluding carboxylic acids is 1. The zero-order valence-electron chi connectivity index (χ0n) is 7.16. The summed E-state index contributed by atoms with van der Waals surface area (Å²) in [6.07, 6.45) is 4.37. The molecule has 0 aliphatic heterocycles. The van der Waals surface area contributed by atoms with Crippen LogP contribution < -0.4 is 0 Å². The zero-order chi connectivity index (χ0) is 9.26. The van der Waals surface area contributed by atoms with Crippen LogP contribution in [0.2, 0.25) is 0 Å². The number of ketones is 1. The van der Waals surface area contributed by atoms with E-state index in [1.54, 1.807) is 0 Å². The van der Waals surface area contributed by atoms with Crippen molar-refractivity contribution in [1.29, 1.82) is 0 Å². The van der Waals surface area contributed by atoms with Crippen LogP contribution in [0.5, 0.6) is 0 Å². The first-order valence-electron chi connectivity index (χ1n) is 4.36. The summed E-state index contributed by atoms with van der Waals surface area (Å²) >= 11 is 3.12. The van der Waals surface area contributed by atoms with Crippen LogP contribution in [0.3, 0.4) is 0 Å². The predicted octanol–water partition coefficient (Wildman–Crippen LogP) is 2.54. The molecule has 0 spiro atoms. The number of hydrogen-bond donors (Lipinski definition) is 0. The molecule has 2 nitrogen and oxygen atoms in total. The second-order valence-electron chi connectivity index (χ2n) is 3.31. The van der Waals surface area contributed by atoms with E-state index in [0.29, 0.717) is 16.9 Å². The Bertz CT molecular complexity index is 316. The minimum absolute atomic E-state index is 0.0438. The SMILES string of the molecule is O=C(CBr)c1ccc(C2CC2)cn1. The van der Waals surface area contributed by atoms with E-state index in [-0.39, 0.29) is 5.78 Å². The van der Waals surface area contributed by atoms with E-state index < -0.39 is 0 Å². The van der Waals surface area contributed by atoms with Crippen LogP contribution in [-0.2, 0) is 0 Å². The molecule has 13 heavy (non-hydrogen) atoms. The third-order valence-electron chi connectivity index (χ3n) is 2.24. The van der Waals surface area contributed by atoms with Crippen molar-refractivity contribution in [2.24, 2.45) is 0 Å². The third-order valence-corrected chi connectivity index (χ3v) is 2.75. The number of carbonyl (C=O) groups is 1. The lowest BCUT2D eigenvalue weighted by Gasteiger charge is -1.98. The molecule has 0 aromatic carbocycles. The summed E-state index contributed by atoms with van der Waals surface area (Å²) < 4.78 is 0. The fraction of sp³-hybridized carbons (Fsp3) is 0.400. The minimum atomic E-state index is 0.0438. The molecule has 1 aromatic rings. The summed E-state index contributed by atoms with van der Waals surface area (Å²) in [5.74, 6) is 0.753. The second-order valence-corrected chi connectivity index (χ2v) is 3.87. The summed E-state index contributed by atoms with van der Waals surface area (Å²) in [6.45, 7) is 0. The molecule has 0 amide bonds. The van der Waals surface area contributed by atoms with Gasteiger partial charge in [-0.3, -0.25) is 9.78 Å².